The van der Waals surface area contributed by atoms with Crippen molar-refractivity contribution in [2.45, 2.75) is 51.5 Å². The average molecular weight is 305 g/mol. The summed E-state index contributed by atoms with van der Waals surface area (Å²) in [5.74, 6) is -0.698. The van der Waals surface area contributed by atoms with Gasteiger partial charge in [-0.2, -0.15) is 0 Å². The number of carbonyl (C=O) groups is 1. The van der Waals surface area contributed by atoms with E-state index in [9.17, 15) is 4.79 Å². The molecule has 0 radical (unpaired) electrons. The van der Waals surface area contributed by atoms with Crippen LogP contribution >= 0.6 is 0 Å². The summed E-state index contributed by atoms with van der Waals surface area (Å²) in [5.41, 5.74) is -1.42. The van der Waals surface area contributed by atoms with E-state index in [1.807, 2.05) is 0 Å². The first-order chi connectivity index (χ1) is 9.58. The van der Waals surface area contributed by atoms with Crippen LogP contribution in [0, 0.1) is 0 Å². The van der Waals surface area contributed by atoms with Gasteiger partial charge in [0.2, 0.25) is 0 Å². The van der Waals surface area contributed by atoms with E-state index >= 15 is 0 Å². The van der Waals surface area contributed by atoms with E-state index in [-0.39, 0.29) is 33.0 Å². The number of aliphatic hydroxyl groups excluding tert-OH is 1. The first-order valence-electron chi connectivity index (χ1n) is 7.05. The van der Waals surface area contributed by atoms with Gasteiger partial charge in [-0.05, 0) is 34.6 Å². The van der Waals surface area contributed by atoms with Gasteiger partial charge in [0.1, 0.15) is 11.1 Å². The fourth-order valence-electron chi connectivity index (χ4n) is 1.75. The van der Waals surface area contributed by atoms with Crippen LogP contribution in [0.4, 0.5) is 4.79 Å². The number of ether oxygens (including phenoxy) is 4. The monoisotopic (exact) mass is 305 g/mol. The summed E-state index contributed by atoms with van der Waals surface area (Å²) in [4.78, 5) is 12.0. The molecule has 1 saturated heterocycles. The summed E-state index contributed by atoms with van der Waals surface area (Å²) >= 11 is 0. The zero-order valence-corrected chi connectivity index (χ0v) is 13.5. The second-order valence-corrected chi connectivity index (χ2v) is 6.66. The number of nitrogens with one attached hydrogen (secondary N) is 1. The molecule has 21 heavy (non-hydrogen) atoms. The van der Waals surface area contributed by atoms with Crippen LogP contribution in [0.25, 0.3) is 0 Å². The van der Waals surface area contributed by atoms with E-state index in [4.69, 9.17) is 24.1 Å². The molecule has 0 aromatic carbocycles. The van der Waals surface area contributed by atoms with Gasteiger partial charge in [0.15, 0.2) is 5.79 Å². The summed E-state index contributed by atoms with van der Waals surface area (Å²) in [7, 11) is 0. The molecule has 2 N–H and O–H groups in total. The second kappa shape index (κ2) is 6.91. The van der Waals surface area contributed by atoms with Crippen molar-refractivity contribution in [2.24, 2.45) is 0 Å². The highest BCUT2D eigenvalue weighted by Gasteiger charge is 2.42. The minimum Gasteiger partial charge on any atom is -0.444 e. The molecule has 0 aromatic rings. The van der Waals surface area contributed by atoms with Gasteiger partial charge in [0.05, 0.1) is 33.0 Å². The Morgan fingerprint density at radius 1 is 1.29 bits per heavy atom. The summed E-state index contributed by atoms with van der Waals surface area (Å²) in [5, 5.41) is 11.6. The van der Waals surface area contributed by atoms with E-state index < -0.39 is 23.0 Å². The van der Waals surface area contributed by atoms with E-state index in [0.717, 1.165) is 0 Å². The molecule has 0 bridgehead atoms. The Morgan fingerprint density at radius 3 is 2.33 bits per heavy atom. The van der Waals surface area contributed by atoms with Gasteiger partial charge < -0.3 is 29.4 Å². The maximum absolute atomic E-state index is 12.0. The summed E-state index contributed by atoms with van der Waals surface area (Å²) in [6.07, 6.45) is -0.554. The Bertz CT molecular complexity index is 340. The number of amides is 1. The van der Waals surface area contributed by atoms with Crippen LogP contribution in [-0.4, -0.2) is 61.2 Å². The lowest BCUT2D eigenvalue weighted by molar-refractivity contribution is -0.275. The highest BCUT2D eigenvalue weighted by molar-refractivity contribution is 5.69. The zero-order chi connectivity index (χ0) is 16.1. The van der Waals surface area contributed by atoms with Crippen molar-refractivity contribution in [1.29, 1.82) is 0 Å². The quantitative estimate of drug-likeness (QED) is 0.738. The van der Waals surface area contributed by atoms with Gasteiger partial charge >= 0.3 is 6.09 Å². The van der Waals surface area contributed by atoms with Crippen molar-refractivity contribution in [2.75, 3.05) is 33.0 Å². The van der Waals surface area contributed by atoms with Crippen LogP contribution < -0.4 is 5.32 Å². The normalized spacial score (nSPS) is 20.9. The van der Waals surface area contributed by atoms with Crippen molar-refractivity contribution in [3.63, 3.8) is 0 Å². The molecular weight excluding hydrogens is 278 g/mol. The Morgan fingerprint density at radius 2 is 1.86 bits per heavy atom. The molecule has 0 spiro atoms. The third-order valence-electron chi connectivity index (χ3n) is 2.77. The lowest BCUT2D eigenvalue weighted by atomic mass is 10.0. The molecule has 7 nitrogen and oxygen atoms in total. The molecule has 0 aromatic heterocycles. The van der Waals surface area contributed by atoms with Crippen molar-refractivity contribution in [3.05, 3.63) is 0 Å². The zero-order valence-electron chi connectivity index (χ0n) is 13.5. The summed E-state index contributed by atoms with van der Waals surface area (Å²) in [6, 6.07) is 0. The van der Waals surface area contributed by atoms with Crippen molar-refractivity contribution < 1.29 is 28.8 Å². The highest BCUT2D eigenvalue weighted by Crippen LogP contribution is 2.24. The predicted molar refractivity (Wildman–Crippen MR) is 76.0 cm³/mol. The molecule has 124 valence electrons. The van der Waals surface area contributed by atoms with Crippen LogP contribution in [0.5, 0.6) is 0 Å². The molecule has 0 unspecified atom stereocenters. The maximum Gasteiger partial charge on any atom is 0.408 e. The molecule has 1 fully saturated rings. The van der Waals surface area contributed by atoms with Crippen molar-refractivity contribution >= 4 is 6.09 Å². The van der Waals surface area contributed by atoms with Gasteiger partial charge in [-0.15, -0.1) is 0 Å². The third kappa shape index (κ3) is 6.60. The average Bonchev–Trinajstić information content (AvgIpc) is 2.31. The van der Waals surface area contributed by atoms with E-state index in [1.165, 1.54) is 0 Å². The summed E-state index contributed by atoms with van der Waals surface area (Å²) < 4.78 is 21.8. The van der Waals surface area contributed by atoms with Crippen LogP contribution in [0.15, 0.2) is 0 Å². The van der Waals surface area contributed by atoms with Crippen LogP contribution in [-0.2, 0) is 18.9 Å². The lowest BCUT2D eigenvalue weighted by Crippen LogP contribution is -2.64. The van der Waals surface area contributed by atoms with Crippen molar-refractivity contribution in [1.82, 2.24) is 5.32 Å². The number of alkyl carbamates (subject to hydrolysis) is 1. The van der Waals surface area contributed by atoms with Gasteiger partial charge in [-0.1, -0.05) is 0 Å². The number of carbonyl (C=O) groups excluding carboxylic acids is 1. The van der Waals surface area contributed by atoms with Gasteiger partial charge in [-0.25, -0.2) is 4.79 Å². The van der Waals surface area contributed by atoms with Gasteiger partial charge in [0.25, 0.3) is 0 Å². The molecule has 0 saturated carbocycles. The minimum absolute atomic E-state index is 0.0876. The predicted octanol–water partition coefficient (Wildman–Crippen LogP) is 1.04. The molecule has 0 aliphatic carbocycles. The Hall–Kier alpha value is -0.890. The number of hydrogen-bond acceptors (Lipinski definition) is 6. The smallest absolute Gasteiger partial charge is 0.408 e. The third-order valence-corrected chi connectivity index (χ3v) is 2.77. The van der Waals surface area contributed by atoms with Gasteiger partial charge in [-0.3, -0.25) is 0 Å². The molecular formula is C14H27NO6. The SMILES string of the molecule is CC(C)(C)OC(=O)NC1(COCCO)COC(C)(C)OC1. The summed E-state index contributed by atoms with van der Waals surface area (Å²) in [6.45, 7) is 9.72. The second-order valence-electron chi connectivity index (χ2n) is 6.66. The van der Waals surface area contributed by atoms with Crippen LogP contribution in [0.2, 0.25) is 0 Å². The maximum atomic E-state index is 12.0. The molecule has 1 aliphatic rings. The number of hydrogen-bond donors (Lipinski definition) is 2. The van der Waals surface area contributed by atoms with E-state index in [2.05, 4.69) is 5.32 Å². The Balaban J connectivity index is 2.67. The number of aliphatic hydroxyl groups is 1. The molecule has 1 heterocycles. The molecule has 0 atom stereocenters. The van der Waals surface area contributed by atoms with Gasteiger partial charge in [0, 0.05) is 0 Å². The van der Waals surface area contributed by atoms with Crippen molar-refractivity contribution in [3.8, 4) is 0 Å². The largest absolute Gasteiger partial charge is 0.444 e. The Kier molecular flexibility index (Phi) is 5.98. The van der Waals surface area contributed by atoms with Crippen LogP contribution in [0.1, 0.15) is 34.6 Å². The first-order valence-corrected chi connectivity index (χ1v) is 7.05. The van der Waals surface area contributed by atoms with E-state index in [1.54, 1.807) is 34.6 Å². The number of rotatable bonds is 5. The fraction of sp³-hybridized carbons (Fsp3) is 0.929. The minimum atomic E-state index is -0.826. The van der Waals surface area contributed by atoms with Crippen LogP contribution in [0.3, 0.4) is 0 Å². The first kappa shape index (κ1) is 18.2. The standard InChI is InChI=1S/C14H27NO6/c1-12(2,3)21-11(17)15-14(8-18-7-6-16)9-19-13(4,5)20-10-14/h16H,6-10H2,1-5H3,(H,15,17). The molecule has 7 heteroatoms. The topological polar surface area (TPSA) is 86.3 Å². The van der Waals surface area contributed by atoms with E-state index in [0.29, 0.717) is 0 Å². The molecule has 1 aliphatic heterocycles. The molecule has 1 amide bonds. The molecule has 1 rings (SSSR count). The highest BCUT2D eigenvalue weighted by atomic mass is 16.7. The Labute approximate surface area is 125 Å². The lowest BCUT2D eigenvalue weighted by Gasteiger charge is -2.43. The fourth-order valence-corrected chi connectivity index (χ4v) is 1.75.